The number of hydrogen-bond donors (Lipinski definition) is 1. The molecule has 3 heterocycles. The normalized spacial score (nSPS) is 15.3. The smallest absolute Gasteiger partial charge is 0.270 e. The molecule has 1 fully saturated rings. The third-order valence-corrected chi connectivity index (χ3v) is 4.60. The molecule has 3 aromatic heterocycles. The van der Waals surface area contributed by atoms with Crippen molar-refractivity contribution in [3.63, 3.8) is 0 Å². The van der Waals surface area contributed by atoms with E-state index in [9.17, 15) is 4.79 Å². The van der Waals surface area contributed by atoms with Crippen molar-refractivity contribution in [1.82, 2.24) is 24.9 Å². The molecule has 6 heteroatoms. The van der Waals surface area contributed by atoms with Crippen LogP contribution in [0.4, 0.5) is 0 Å². The minimum Gasteiger partial charge on any atom is -0.342 e. The van der Waals surface area contributed by atoms with E-state index < -0.39 is 0 Å². The number of nitrogens with one attached hydrogen (secondary N) is 1. The summed E-state index contributed by atoms with van der Waals surface area (Å²) < 4.78 is 1.76. The Morgan fingerprint density at radius 3 is 2.76 bits per heavy atom. The molecule has 1 aliphatic rings. The first-order chi connectivity index (χ1) is 12.0. The topological polar surface area (TPSA) is 72.2 Å². The quantitative estimate of drug-likeness (QED) is 0.796. The van der Waals surface area contributed by atoms with Crippen molar-refractivity contribution in [2.24, 2.45) is 5.92 Å². The minimum absolute atomic E-state index is 0.0580. The molecule has 0 saturated heterocycles. The summed E-state index contributed by atoms with van der Waals surface area (Å²) in [6.07, 6.45) is 4.04. The van der Waals surface area contributed by atoms with Crippen LogP contribution in [0, 0.1) is 26.7 Å². The summed E-state index contributed by atoms with van der Waals surface area (Å²) >= 11 is 0. The van der Waals surface area contributed by atoms with Crippen LogP contribution in [0.15, 0.2) is 30.5 Å². The van der Waals surface area contributed by atoms with Crippen LogP contribution in [0.1, 0.15) is 52.0 Å². The number of rotatable bonds is 4. The molecular formula is C19H21N5O. The van der Waals surface area contributed by atoms with Gasteiger partial charge < -0.3 is 5.32 Å². The second-order valence-electron chi connectivity index (χ2n) is 6.89. The maximum Gasteiger partial charge on any atom is 0.270 e. The van der Waals surface area contributed by atoms with E-state index in [1.807, 2.05) is 39.0 Å². The molecule has 1 saturated carbocycles. The standard InChI is InChI=1S/C19H21N5O/c1-11-6-7-20-15(8-11)18(14-4-5-14)22-19(25)16-10-13(3)24-17(21-16)9-12(2)23-24/h6-10,14,18H,4-5H2,1-3H3,(H,22,25)/t18-/m1/s1. The van der Waals surface area contributed by atoms with Gasteiger partial charge in [0.25, 0.3) is 5.91 Å². The van der Waals surface area contributed by atoms with Gasteiger partial charge in [0.15, 0.2) is 5.65 Å². The molecule has 0 radical (unpaired) electrons. The average molecular weight is 335 g/mol. The van der Waals surface area contributed by atoms with Gasteiger partial charge in [-0.15, -0.1) is 0 Å². The number of aryl methyl sites for hydroxylation is 3. The van der Waals surface area contributed by atoms with E-state index in [4.69, 9.17) is 0 Å². The summed E-state index contributed by atoms with van der Waals surface area (Å²) in [7, 11) is 0. The fourth-order valence-corrected chi connectivity index (χ4v) is 3.16. The number of hydrogen-bond acceptors (Lipinski definition) is 4. The number of amides is 1. The molecule has 25 heavy (non-hydrogen) atoms. The van der Waals surface area contributed by atoms with Crippen molar-refractivity contribution in [1.29, 1.82) is 0 Å². The van der Waals surface area contributed by atoms with E-state index in [2.05, 4.69) is 20.4 Å². The Morgan fingerprint density at radius 1 is 1.24 bits per heavy atom. The molecule has 0 spiro atoms. The summed E-state index contributed by atoms with van der Waals surface area (Å²) in [5, 5.41) is 7.53. The molecule has 0 unspecified atom stereocenters. The summed E-state index contributed by atoms with van der Waals surface area (Å²) in [6.45, 7) is 5.89. The largest absolute Gasteiger partial charge is 0.342 e. The van der Waals surface area contributed by atoms with Gasteiger partial charge in [-0.1, -0.05) is 0 Å². The zero-order valence-corrected chi connectivity index (χ0v) is 14.7. The van der Waals surface area contributed by atoms with E-state index in [-0.39, 0.29) is 11.9 Å². The fraction of sp³-hybridized carbons (Fsp3) is 0.368. The van der Waals surface area contributed by atoms with Crippen molar-refractivity contribution < 1.29 is 4.79 Å². The van der Waals surface area contributed by atoms with Gasteiger partial charge in [0.05, 0.1) is 17.4 Å². The van der Waals surface area contributed by atoms with Gasteiger partial charge in [-0.3, -0.25) is 9.78 Å². The van der Waals surface area contributed by atoms with Crippen LogP contribution in [-0.2, 0) is 0 Å². The van der Waals surface area contributed by atoms with Crippen molar-refractivity contribution in [2.75, 3.05) is 0 Å². The molecule has 1 aliphatic carbocycles. The summed E-state index contributed by atoms with van der Waals surface area (Å²) in [6, 6.07) is 7.62. The van der Waals surface area contributed by atoms with Gasteiger partial charge in [-0.05, 0) is 63.3 Å². The minimum atomic E-state index is -0.162. The highest BCUT2D eigenvalue weighted by atomic mass is 16.2. The Kier molecular flexibility index (Phi) is 3.75. The van der Waals surface area contributed by atoms with Gasteiger partial charge in [0, 0.05) is 18.0 Å². The van der Waals surface area contributed by atoms with Crippen LogP contribution >= 0.6 is 0 Å². The highest BCUT2D eigenvalue weighted by Crippen LogP contribution is 2.40. The Hall–Kier alpha value is -2.76. The van der Waals surface area contributed by atoms with Crippen molar-refractivity contribution in [3.8, 4) is 0 Å². The first-order valence-corrected chi connectivity index (χ1v) is 8.59. The molecule has 1 amide bonds. The Labute approximate surface area is 146 Å². The predicted molar refractivity (Wildman–Crippen MR) is 94.4 cm³/mol. The SMILES string of the molecule is Cc1ccnc([C@H](NC(=O)c2cc(C)n3nc(C)cc3n2)C2CC2)c1. The van der Waals surface area contributed by atoms with E-state index in [1.54, 1.807) is 16.8 Å². The third-order valence-electron chi connectivity index (χ3n) is 4.60. The van der Waals surface area contributed by atoms with Gasteiger partial charge >= 0.3 is 0 Å². The van der Waals surface area contributed by atoms with Crippen molar-refractivity contribution in [2.45, 2.75) is 39.7 Å². The molecule has 128 valence electrons. The summed E-state index contributed by atoms with van der Waals surface area (Å²) in [5.74, 6) is 0.296. The lowest BCUT2D eigenvalue weighted by Crippen LogP contribution is -2.31. The van der Waals surface area contributed by atoms with E-state index in [0.717, 1.165) is 35.5 Å². The van der Waals surface area contributed by atoms with Gasteiger partial charge in [-0.2, -0.15) is 5.10 Å². The van der Waals surface area contributed by atoms with E-state index >= 15 is 0 Å². The number of pyridine rings is 1. The average Bonchev–Trinajstić information content (AvgIpc) is 3.33. The molecule has 6 nitrogen and oxygen atoms in total. The molecule has 3 aromatic rings. The maximum atomic E-state index is 12.8. The zero-order chi connectivity index (χ0) is 17.6. The van der Waals surface area contributed by atoms with Crippen LogP contribution in [0.5, 0.6) is 0 Å². The van der Waals surface area contributed by atoms with Crippen LogP contribution in [0.3, 0.4) is 0 Å². The Bertz CT molecular complexity index is 958. The molecule has 0 aliphatic heterocycles. The third kappa shape index (κ3) is 3.12. The second kappa shape index (κ2) is 5.95. The first-order valence-electron chi connectivity index (χ1n) is 8.59. The van der Waals surface area contributed by atoms with Crippen molar-refractivity contribution in [3.05, 3.63) is 58.8 Å². The second-order valence-corrected chi connectivity index (χ2v) is 6.89. The van der Waals surface area contributed by atoms with Gasteiger partial charge in [0.1, 0.15) is 5.69 Å². The Balaban J connectivity index is 1.63. The first kappa shape index (κ1) is 15.7. The molecule has 0 aromatic carbocycles. The molecule has 1 N–H and O–H groups in total. The number of carbonyl (C=O) groups excluding carboxylic acids is 1. The lowest BCUT2D eigenvalue weighted by atomic mass is 10.1. The van der Waals surface area contributed by atoms with Gasteiger partial charge in [0.2, 0.25) is 0 Å². The number of carbonyl (C=O) groups is 1. The lowest BCUT2D eigenvalue weighted by molar-refractivity contribution is 0.0925. The highest BCUT2D eigenvalue weighted by Gasteiger charge is 2.34. The van der Waals surface area contributed by atoms with E-state index in [1.165, 1.54) is 0 Å². The molecular weight excluding hydrogens is 314 g/mol. The fourth-order valence-electron chi connectivity index (χ4n) is 3.16. The van der Waals surface area contributed by atoms with Crippen LogP contribution in [-0.4, -0.2) is 25.5 Å². The molecule has 4 rings (SSSR count). The monoisotopic (exact) mass is 335 g/mol. The van der Waals surface area contributed by atoms with Gasteiger partial charge in [-0.25, -0.2) is 9.50 Å². The van der Waals surface area contributed by atoms with Crippen molar-refractivity contribution >= 4 is 11.6 Å². The number of aromatic nitrogens is 4. The van der Waals surface area contributed by atoms with Crippen LogP contribution < -0.4 is 5.32 Å². The molecule has 0 bridgehead atoms. The number of fused-ring (bicyclic) bond motifs is 1. The lowest BCUT2D eigenvalue weighted by Gasteiger charge is -2.18. The number of nitrogens with zero attached hydrogens (tertiary/aromatic N) is 4. The summed E-state index contributed by atoms with van der Waals surface area (Å²) in [5.41, 5.74) is 4.96. The highest BCUT2D eigenvalue weighted by molar-refractivity contribution is 5.93. The molecule has 1 atom stereocenters. The van der Waals surface area contributed by atoms with Crippen LogP contribution in [0.25, 0.3) is 5.65 Å². The van der Waals surface area contributed by atoms with E-state index in [0.29, 0.717) is 17.3 Å². The predicted octanol–water partition coefficient (Wildman–Crippen LogP) is 2.93. The zero-order valence-electron chi connectivity index (χ0n) is 14.7. The van der Waals surface area contributed by atoms with Crippen LogP contribution in [0.2, 0.25) is 0 Å². The Morgan fingerprint density at radius 2 is 2.04 bits per heavy atom. The maximum absolute atomic E-state index is 12.8. The summed E-state index contributed by atoms with van der Waals surface area (Å²) in [4.78, 5) is 21.8.